The van der Waals surface area contributed by atoms with Crippen molar-refractivity contribution in [3.63, 3.8) is 0 Å². The van der Waals surface area contributed by atoms with Crippen LogP contribution in [0.2, 0.25) is 0 Å². The van der Waals surface area contributed by atoms with E-state index in [0.29, 0.717) is 23.2 Å². The minimum atomic E-state index is -0.0865. The van der Waals surface area contributed by atoms with Crippen molar-refractivity contribution in [2.45, 2.75) is 63.5 Å². The van der Waals surface area contributed by atoms with Crippen LogP contribution < -0.4 is 10.6 Å². The lowest BCUT2D eigenvalue weighted by atomic mass is 9.49. The Hall–Kier alpha value is -2.44. The van der Waals surface area contributed by atoms with Crippen molar-refractivity contribution in [1.82, 2.24) is 20.4 Å². The van der Waals surface area contributed by atoms with Crippen LogP contribution in [0.15, 0.2) is 23.0 Å². The molecular formula is C19H23N5O2. The monoisotopic (exact) mass is 353 g/mol. The number of anilines is 1. The van der Waals surface area contributed by atoms with E-state index in [9.17, 15) is 4.79 Å². The summed E-state index contributed by atoms with van der Waals surface area (Å²) in [5, 5.41) is 10.6. The SMILES string of the molecule is Cc1nocc1C(=O)NC1CC(Nc2ccnc(C3CC3)n2)C12CCC2. The molecule has 2 atom stereocenters. The van der Waals surface area contributed by atoms with E-state index >= 15 is 0 Å². The average molecular weight is 353 g/mol. The summed E-state index contributed by atoms with van der Waals surface area (Å²) >= 11 is 0. The molecule has 136 valence electrons. The summed E-state index contributed by atoms with van der Waals surface area (Å²) in [6.45, 7) is 1.79. The second-order valence-electron chi connectivity index (χ2n) is 7.93. The Balaban J connectivity index is 1.27. The van der Waals surface area contributed by atoms with Crippen LogP contribution in [0.25, 0.3) is 0 Å². The van der Waals surface area contributed by atoms with Crippen molar-refractivity contribution in [2.75, 3.05) is 5.32 Å². The maximum absolute atomic E-state index is 12.5. The number of carbonyl (C=O) groups is 1. The summed E-state index contributed by atoms with van der Waals surface area (Å²) in [4.78, 5) is 21.6. The molecule has 0 bridgehead atoms. The predicted octanol–water partition coefficient (Wildman–Crippen LogP) is 2.80. The van der Waals surface area contributed by atoms with Crippen LogP contribution in [0.5, 0.6) is 0 Å². The van der Waals surface area contributed by atoms with Gasteiger partial charge in [-0.1, -0.05) is 11.6 Å². The first-order chi connectivity index (χ1) is 12.7. The molecule has 1 spiro atoms. The van der Waals surface area contributed by atoms with E-state index < -0.39 is 0 Å². The van der Waals surface area contributed by atoms with Crippen molar-refractivity contribution in [3.05, 3.63) is 35.6 Å². The number of amides is 1. The van der Waals surface area contributed by atoms with Crippen LogP contribution in [0.1, 0.15) is 66.3 Å². The van der Waals surface area contributed by atoms with Crippen LogP contribution in [-0.4, -0.2) is 33.1 Å². The van der Waals surface area contributed by atoms with E-state index in [1.807, 2.05) is 12.3 Å². The molecule has 0 saturated heterocycles. The molecule has 0 radical (unpaired) electrons. The fourth-order valence-corrected chi connectivity index (χ4v) is 4.39. The summed E-state index contributed by atoms with van der Waals surface area (Å²) in [6.07, 6.45) is 10.1. The van der Waals surface area contributed by atoms with Crippen molar-refractivity contribution >= 4 is 11.7 Å². The zero-order chi connectivity index (χ0) is 17.7. The molecule has 3 aliphatic carbocycles. The summed E-state index contributed by atoms with van der Waals surface area (Å²) in [5.41, 5.74) is 1.30. The number of nitrogens with zero attached hydrogens (tertiary/aromatic N) is 3. The fourth-order valence-electron chi connectivity index (χ4n) is 4.39. The topological polar surface area (TPSA) is 92.9 Å². The average Bonchev–Trinajstić information content (AvgIpc) is 3.34. The first-order valence-electron chi connectivity index (χ1n) is 9.47. The zero-order valence-electron chi connectivity index (χ0n) is 14.9. The van der Waals surface area contributed by atoms with Gasteiger partial charge in [-0.2, -0.15) is 0 Å². The summed E-state index contributed by atoms with van der Waals surface area (Å²) < 4.78 is 4.89. The lowest BCUT2D eigenvalue weighted by molar-refractivity contribution is -0.0301. The van der Waals surface area contributed by atoms with E-state index in [-0.39, 0.29) is 17.4 Å². The Bertz CT molecular complexity index is 840. The van der Waals surface area contributed by atoms with Gasteiger partial charge in [-0.05, 0) is 45.1 Å². The molecule has 2 unspecified atom stereocenters. The highest BCUT2D eigenvalue weighted by molar-refractivity contribution is 5.95. The number of aryl methyl sites for hydroxylation is 1. The van der Waals surface area contributed by atoms with Gasteiger partial charge in [-0.3, -0.25) is 4.79 Å². The van der Waals surface area contributed by atoms with Gasteiger partial charge < -0.3 is 15.2 Å². The lowest BCUT2D eigenvalue weighted by Crippen LogP contribution is -2.69. The third-order valence-electron chi connectivity index (χ3n) is 6.38. The van der Waals surface area contributed by atoms with Gasteiger partial charge in [0.2, 0.25) is 0 Å². The van der Waals surface area contributed by atoms with Gasteiger partial charge in [0.1, 0.15) is 23.5 Å². The maximum atomic E-state index is 12.5. The molecule has 2 N–H and O–H groups in total. The Morgan fingerprint density at radius 3 is 2.81 bits per heavy atom. The van der Waals surface area contributed by atoms with Crippen molar-refractivity contribution in [2.24, 2.45) is 5.41 Å². The highest BCUT2D eigenvalue weighted by Crippen LogP contribution is 2.56. The van der Waals surface area contributed by atoms with Crippen LogP contribution in [0, 0.1) is 12.3 Å². The van der Waals surface area contributed by atoms with Gasteiger partial charge in [0.25, 0.3) is 5.91 Å². The molecule has 2 aromatic rings. The first kappa shape index (κ1) is 15.8. The van der Waals surface area contributed by atoms with Crippen LogP contribution >= 0.6 is 0 Å². The maximum Gasteiger partial charge on any atom is 0.256 e. The quantitative estimate of drug-likeness (QED) is 0.859. The Labute approximate surface area is 152 Å². The minimum absolute atomic E-state index is 0.0865. The summed E-state index contributed by atoms with van der Waals surface area (Å²) in [6, 6.07) is 2.50. The zero-order valence-corrected chi connectivity index (χ0v) is 14.9. The van der Waals surface area contributed by atoms with Crippen LogP contribution in [0.4, 0.5) is 5.82 Å². The number of carbonyl (C=O) groups excluding carboxylic acids is 1. The molecule has 2 heterocycles. The number of nitrogens with one attached hydrogen (secondary N) is 2. The normalized spacial score (nSPS) is 26.0. The smallest absolute Gasteiger partial charge is 0.256 e. The molecular weight excluding hydrogens is 330 g/mol. The lowest BCUT2D eigenvalue weighted by Gasteiger charge is -2.61. The molecule has 3 aliphatic rings. The summed E-state index contributed by atoms with van der Waals surface area (Å²) in [5.74, 6) is 2.34. The summed E-state index contributed by atoms with van der Waals surface area (Å²) in [7, 11) is 0. The van der Waals surface area contributed by atoms with Gasteiger partial charge in [0.15, 0.2) is 0 Å². The number of hydrogen-bond acceptors (Lipinski definition) is 6. The molecule has 26 heavy (non-hydrogen) atoms. The molecule has 1 amide bonds. The van der Waals surface area contributed by atoms with Gasteiger partial charge in [-0.15, -0.1) is 0 Å². The first-order valence-corrected chi connectivity index (χ1v) is 9.47. The van der Waals surface area contributed by atoms with E-state index in [4.69, 9.17) is 4.52 Å². The van der Waals surface area contributed by atoms with Gasteiger partial charge in [-0.25, -0.2) is 9.97 Å². The highest BCUT2D eigenvalue weighted by atomic mass is 16.5. The van der Waals surface area contributed by atoms with E-state index in [0.717, 1.165) is 30.9 Å². The third kappa shape index (κ3) is 2.48. The van der Waals surface area contributed by atoms with Crippen molar-refractivity contribution in [1.29, 1.82) is 0 Å². The Morgan fingerprint density at radius 2 is 2.15 bits per heavy atom. The van der Waals surface area contributed by atoms with E-state index in [1.165, 1.54) is 25.5 Å². The Morgan fingerprint density at radius 1 is 1.31 bits per heavy atom. The number of rotatable bonds is 5. The molecule has 0 aliphatic heterocycles. The third-order valence-corrected chi connectivity index (χ3v) is 6.38. The predicted molar refractivity (Wildman–Crippen MR) is 94.8 cm³/mol. The minimum Gasteiger partial charge on any atom is -0.367 e. The van der Waals surface area contributed by atoms with Gasteiger partial charge in [0.05, 0.1) is 5.69 Å². The standard InChI is InChI=1S/C19H23N5O2/c1-11-13(10-26-24-11)18(25)22-15-9-14(19(15)6-2-7-19)21-16-5-8-20-17(23-16)12-3-4-12/h5,8,10,12,14-15H,2-4,6-7,9H2,1H3,(H,22,25)(H,20,21,23). The molecule has 3 fully saturated rings. The second kappa shape index (κ2) is 5.79. The molecule has 3 saturated carbocycles. The molecule has 2 aromatic heterocycles. The molecule has 7 heteroatoms. The van der Waals surface area contributed by atoms with Crippen LogP contribution in [0.3, 0.4) is 0 Å². The van der Waals surface area contributed by atoms with Crippen LogP contribution in [-0.2, 0) is 0 Å². The fraction of sp³-hybridized carbons (Fsp3) is 0.579. The molecule has 0 aromatic carbocycles. The van der Waals surface area contributed by atoms with Crippen molar-refractivity contribution in [3.8, 4) is 0 Å². The van der Waals surface area contributed by atoms with E-state index in [2.05, 4.69) is 25.8 Å². The molecule has 5 rings (SSSR count). The number of aromatic nitrogens is 3. The van der Waals surface area contributed by atoms with E-state index in [1.54, 1.807) is 6.92 Å². The van der Waals surface area contributed by atoms with Gasteiger partial charge >= 0.3 is 0 Å². The van der Waals surface area contributed by atoms with Crippen molar-refractivity contribution < 1.29 is 9.32 Å². The molecule has 7 nitrogen and oxygen atoms in total. The number of hydrogen-bond donors (Lipinski definition) is 2. The second-order valence-corrected chi connectivity index (χ2v) is 7.93. The van der Waals surface area contributed by atoms with Gasteiger partial charge in [0, 0.05) is 29.6 Å². The highest BCUT2D eigenvalue weighted by Gasteiger charge is 2.58. The Kier molecular flexibility index (Phi) is 3.52. The largest absolute Gasteiger partial charge is 0.367 e.